The highest BCUT2D eigenvalue weighted by atomic mass is 16.1. The Kier molecular flexibility index (Phi) is 4.38. The Morgan fingerprint density at radius 3 is 2.92 bits per heavy atom. The lowest BCUT2D eigenvalue weighted by Gasteiger charge is -2.15. The van der Waals surface area contributed by atoms with E-state index in [1.807, 2.05) is 36.6 Å². The van der Waals surface area contributed by atoms with Gasteiger partial charge < -0.3 is 14.9 Å². The van der Waals surface area contributed by atoms with Crippen LogP contribution >= 0.6 is 0 Å². The van der Waals surface area contributed by atoms with Crippen molar-refractivity contribution in [3.8, 4) is 0 Å². The number of aromatic amines is 1. The van der Waals surface area contributed by atoms with Gasteiger partial charge in [0.05, 0.1) is 17.1 Å². The summed E-state index contributed by atoms with van der Waals surface area (Å²) < 4.78 is 1.98. The lowest BCUT2D eigenvalue weighted by molar-refractivity contribution is 0.0939. The molecular formula is C18H23N5O. The summed E-state index contributed by atoms with van der Waals surface area (Å²) in [5.41, 5.74) is 3.79. The summed E-state index contributed by atoms with van der Waals surface area (Å²) in [4.78, 5) is 16.1. The van der Waals surface area contributed by atoms with Crippen LogP contribution in [0.15, 0.2) is 24.5 Å². The summed E-state index contributed by atoms with van der Waals surface area (Å²) in [6.45, 7) is 8.95. The number of hydrogen-bond acceptors (Lipinski definition) is 3. The molecule has 0 aliphatic rings. The first kappa shape index (κ1) is 16.2. The van der Waals surface area contributed by atoms with Crippen molar-refractivity contribution in [2.45, 2.75) is 46.7 Å². The van der Waals surface area contributed by atoms with E-state index < -0.39 is 0 Å². The molecule has 1 aromatic carbocycles. The summed E-state index contributed by atoms with van der Waals surface area (Å²) in [5, 5.41) is 12.2. The number of hydrogen-bond donors (Lipinski definition) is 2. The van der Waals surface area contributed by atoms with Crippen molar-refractivity contribution in [1.29, 1.82) is 0 Å². The van der Waals surface area contributed by atoms with E-state index in [0.717, 1.165) is 35.4 Å². The van der Waals surface area contributed by atoms with Crippen molar-refractivity contribution in [2.24, 2.45) is 0 Å². The second kappa shape index (κ2) is 6.47. The highest BCUT2D eigenvalue weighted by molar-refractivity contribution is 6.06. The Morgan fingerprint density at radius 2 is 2.17 bits per heavy atom. The summed E-state index contributed by atoms with van der Waals surface area (Å²) in [5.74, 6) is 0.664. The van der Waals surface area contributed by atoms with Crippen LogP contribution in [0.1, 0.15) is 53.7 Å². The van der Waals surface area contributed by atoms with Crippen LogP contribution in [0.25, 0.3) is 10.9 Å². The van der Waals surface area contributed by atoms with Crippen molar-refractivity contribution in [3.05, 3.63) is 47.2 Å². The molecule has 126 valence electrons. The second-order valence-electron chi connectivity index (χ2n) is 6.18. The zero-order valence-electron chi connectivity index (χ0n) is 14.6. The lowest BCUT2D eigenvalue weighted by Crippen LogP contribution is -2.29. The summed E-state index contributed by atoms with van der Waals surface area (Å²) >= 11 is 0. The molecule has 24 heavy (non-hydrogen) atoms. The van der Waals surface area contributed by atoms with Gasteiger partial charge in [0, 0.05) is 17.6 Å². The second-order valence-corrected chi connectivity index (χ2v) is 6.18. The van der Waals surface area contributed by atoms with Crippen LogP contribution in [0, 0.1) is 13.8 Å². The van der Waals surface area contributed by atoms with Gasteiger partial charge in [-0.3, -0.25) is 4.79 Å². The molecule has 3 rings (SSSR count). The molecule has 2 heterocycles. The quantitative estimate of drug-likeness (QED) is 0.756. The number of nitrogens with one attached hydrogen (secondary N) is 2. The van der Waals surface area contributed by atoms with E-state index in [1.165, 1.54) is 5.56 Å². The predicted octanol–water partition coefficient (Wildman–Crippen LogP) is 3.28. The number of carbonyl (C=O) groups excluding carboxylic acids is 1. The minimum atomic E-state index is -0.209. The van der Waals surface area contributed by atoms with Gasteiger partial charge >= 0.3 is 0 Å². The first-order chi connectivity index (χ1) is 11.5. The molecule has 1 amide bonds. The number of carbonyl (C=O) groups is 1. The van der Waals surface area contributed by atoms with Crippen LogP contribution in [0.5, 0.6) is 0 Å². The van der Waals surface area contributed by atoms with Crippen molar-refractivity contribution in [2.75, 3.05) is 0 Å². The minimum absolute atomic E-state index is 0.111. The molecular weight excluding hydrogens is 302 g/mol. The summed E-state index contributed by atoms with van der Waals surface area (Å²) in [6.07, 6.45) is 2.70. The molecule has 0 bridgehead atoms. The third-order valence-electron chi connectivity index (χ3n) is 4.43. The zero-order valence-corrected chi connectivity index (χ0v) is 14.6. The number of H-pyrrole nitrogens is 1. The van der Waals surface area contributed by atoms with Gasteiger partial charge in [0.15, 0.2) is 5.82 Å². The van der Waals surface area contributed by atoms with E-state index in [1.54, 1.807) is 6.33 Å². The molecule has 0 fully saturated rings. The fourth-order valence-corrected chi connectivity index (χ4v) is 3.02. The smallest absolute Gasteiger partial charge is 0.253 e. The number of fused-ring (bicyclic) bond motifs is 1. The molecule has 0 aliphatic heterocycles. The third kappa shape index (κ3) is 2.79. The van der Waals surface area contributed by atoms with Crippen molar-refractivity contribution in [1.82, 2.24) is 25.1 Å². The first-order valence-electron chi connectivity index (χ1n) is 8.29. The normalized spacial score (nSPS) is 12.5. The molecule has 0 saturated heterocycles. The average molecular weight is 325 g/mol. The Bertz CT molecular complexity index is 877. The standard InChI is InChI=1S/C18H23N5O/c1-5-9-23-10-19-22-17(23)13(4)21-18(24)15-8-6-7-14-11(2)12(3)20-16(14)15/h6-8,10,13,20H,5,9H2,1-4H3,(H,21,24). The molecule has 6 heteroatoms. The van der Waals surface area contributed by atoms with Gasteiger partial charge in [0.1, 0.15) is 6.33 Å². The molecule has 6 nitrogen and oxygen atoms in total. The highest BCUT2D eigenvalue weighted by Gasteiger charge is 2.19. The van der Waals surface area contributed by atoms with E-state index in [9.17, 15) is 4.79 Å². The molecule has 2 aromatic heterocycles. The Morgan fingerprint density at radius 1 is 1.38 bits per heavy atom. The fraction of sp³-hybridized carbons (Fsp3) is 0.389. The predicted molar refractivity (Wildman–Crippen MR) is 94.0 cm³/mol. The van der Waals surface area contributed by atoms with Gasteiger partial charge in [-0.15, -0.1) is 10.2 Å². The largest absolute Gasteiger partial charge is 0.358 e. The molecule has 3 aromatic rings. The third-order valence-corrected chi connectivity index (χ3v) is 4.43. The molecule has 0 radical (unpaired) electrons. The van der Waals surface area contributed by atoms with E-state index >= 15 is 0 Å². The summed E-state index contributed by atoms with van der Waals surface area (Å²) in [6, 6.07) is 5.59. The lowest BCUT2D eigenvalue weighted by atomic mass is 10.1. The first-order valence-corrected chi connectivity index (χ1v) is 8.29. The fourth-order valence-electron chi connectivity index (χ4n) is 3.02. The van der Waals surface area contributed by atoms with Crippen LogP contribution in [0.4, 0.5) is 0 Å². The maximum atomic E-state index is 12.8. The SMILES string of the molecule is CCCn1cnnc1C(C)NC(=O)c1cccc2c(C)c(C)[nH]c12. The number of rotatable bonds is 5. The number of nitrogens with zero attached hydrogens (tertiary/aromatic N) is 3. The zero-order chi connectivity index (χ0) is 17.3. The molecule has 2 N–H and O–H groups in total. The number of amides is 1. The topological polar surface area (TPSA) is 75.6 Å². The van der Waals surface area contributed by atoms with Gasteiger partial charge in [-0.1, -0.05) is 19.1 Å². The minimum Gasteiger partial charge on any atom is -0.358 e. The van der Waals surface area contributed by atoms with Gasteiger partial charge in [-0.2, -0.15) is 0 Å². The van der Waals surface area contributed by atoms with E-state index in [4.69, 9.17) is 0 Å². The van der Waals surface area contributed by atoms with Crippen LogP contribution in [-0.2, 0) is 6.54 Å². The van der Waals surface area contributed by atoms with Crippen molar-refractivity contribution in [3.63, 3.8) is 0 Å². The summed E-state index contributed by atoms with van der Waals surface area (Å²) in [7, 11) is 0. The van der Waals surface area contributed by atoms with Gasteiger partial charge in [-0.05, 0) is 38.8 Å². The Labute approximate surface area is 141 Å². The number of aromatic nitrogens is 4. The molecule has 0 aliphatic carbocycles. The average Bonchev–Trinajstić information content (AvgIpc) is 3.13. The number of para-hydroxylation sites is 1. The maximum Gasteiger partial charge on any atom is 0.253 e. The van der Waals surface area contributed by atoms with Crippen molar-refractivity contribution < 1.29 is 4.79 Å². The monoisotopic (exact) mass is 325 g/mol. The van der Waals surface area contributed by atoms with Crippen LogP contribution in [-0.4, -0.2) is 25.7 Å². The molecule has 1 atom stereocenters. The van der Waals surface area contributed by atoms with Crippen LogP contribution < -0.4 is 5.32 Å². The highest BCUT2D eigenvalue weighted by Crippen LogP contribution is 2.24. The number of aryl methyl sites for hydroxylation is 3. The van der Waals surface area contributed by atoms with E-state index in [-0.39, 0.29) is 11.9 Å². The Balaban J connectivity index is 1.87. The van der Waals surface area contributed by atoms with Gasteiger partial charge in [-0.25, -0.2) is 0 Å². The van der Waals surface area contributed by atoms with E-state index in [2.05, 4.69) is 34.3 Å². The van der Waals surface area contributed by atoms with Gasteiger partial charge in [0.25, 0.3) is 5.91 Å². The van der Waals surface area contributed by atoms with Crippen molar-refractivity contribution >= 4 is 16.8 Å². The molecule has 0 spiro atoms. The maximum absolute atomic E-state index is 12.8. The van der Waals surface area contributed by atoms with Crippen LogP contribution in [0.2, 0.25) is 0 Å². The Hall–Kier alpha value is -2.63. The van der Waals surface area contributed by atoms with Crippen LogP contribution in [0.3, 0.4) is 0 Å². The van der Waals surface area contributed by atoms with Gasteiger partial charge in [0.2, 0.25) is 0 Å². The van der Waals surface area contributed by atoms with E-state index in [0.29, 0.717) is 5.56 Å². The molecule has 1 unspecified atom stereocenters. The number of benzene rings is 1. The molecule has 0 saturated carbocycles.